The molecule has 0 aromatic carbocycles. The standard InChI is InChI=1S/C18H32N4O4/c1-13-6-15(24)22(7-13)8-14(23)20-9-17(2,3)11-26-12-18(4,5)10-21-16(19)25/h6-7,24H,8-12H2,1-5H3,(H,20,23)(H3,19,21,25). The molecule has 148 valence electrons. The smallest absolute Gasteiger partial charge is 0.312 e. The van der Waals surface area contributed by atoms with Crippen molar-refractivity contribution >= 4 is 11.9 Å². The summed E-state index contributed by atoms with van der Waals surface area (Å²) < 4.78 is 7.28. The molecule has 5 N–H and O–H groups in total. The van der Waals surface area contributed by atoms with E-state index in [0.717, 1.165) is 5.56 Å². The summed E-state index contributed by atoms with van der Waals surface area (Å²) in [7, 11) is 0. The number of hydrogen-bond acceptors (Lipinski definition) is 4. The number of aromatic hydroxyl groups is 1. The summed E-state index contributed by atoms with van der Waals surface area (Å²) in [6, 6.07) is 1.06. The van der Waals surface area contributed by atoms with Crippen molar-refractivity contribution in [2.75, 3.05) is 26.3 Å². The van der Waals surface area contributed by atoms with E-state index in [-0.39, 0.29) is 29.2 Å². The molecule has 0 atom stereocenters. The number of ether oxygens (including phenoxy) is 1. The van der Waals surface area contributed by atoms with Crippen LogP contribution >= 0.6 is 0 Å². The monoisotopic (exact) mass is 368 g/mol. The van der Waals surface area contributed by atoms with Gasteiger partial charge in [-0.05, 0) is 12.5 Å². The number of carbonyl (C=O) groups is 2. The largest absolute Gasteiger partial charge is 0.494 e. The lowest BCUT2D eigenvalue weighted by Crippen LogP contribution is -2.41. The van der Waals surface area contributed by atoms with Crippen LogP contribution in [0.1, 0.15) is 33.3 Å². The van der Waals surface area contributed by atoms with Gasteiger partial charge in [0.25, 0.3) is 0 Å². The van der Waals surface area contributed by atoms with Gasteiger partial charge >= 0.3 is 6.03 Å². The summed E-state index contributed by atoms with van der Waals surface area (Å²) in [5.41, 5.74) is 5.49. The molecular formula is C18H32N4O4. The fourth-order valence-corrected chi connectivity index (χ4v) is 2.34. The lowest BCUT2D eigenvalue weighted by atomic mass is 9.93. The first-order valence-corrected chi connectivity index (χ1v) is 8.64. The highest BCUT2D eigenvalue weighted by Gasteiger charge is 2.23. The first-order chi connectivity index (χ1) is 11.9. The molecule has 0 spiro atoms. The van der Waals surface area contributed by atoms with Gasteiger partial charge in [-0.2, -0.15) is 0 Å². The Hall–Kier alpha value is -2.22. The molecule has 0 saturated carbocycles. The van der Waals surface area contributed by atoms with Gasteiger partial charge in [-0.25, -0.2) is 4.79 Å². The predicted octanol–water partition coefficient (Wildman–Crippen LogP) is 1.36. The molecule has 0 unspecified atom stereocenters. The molecule has 0 aliphatic heterocycles. The van der Waals surface area contributed by atoms with Crippen LogP contribution in [-0.4, -0.2) is 47.9 Å². The van der Waals surface area contributed by atoms with Crippen LogP contribution in [0.4, 0.5) is 4.79 Å². The Kier molecular flexibility index (Phi) is 7.50. The molecule has 0 bridgehead atoms. The second-order valence-electron chi connectivity index (χ2n) is 8.32. The Morgan fingerprint density at radius 3 is 2.15 bits per heavy atom. The predicted molar refractivity (Wildman–Crippen MR) is 99.8 cm³/mol. The normalized spacial score (nSPS) is 12.0. The maximum atomic E-state index is 12.1. The summed E-state index contributed by atoms with van der Waals surface area (Å²) in [5, 5.41) is 15.2. The van der Waals surface area contributed by atoms with Crippen molar-refractivity contribution in [3.63, 3.8) is 0 Å². The molecule has 1 aromatic rings. The number of amides is 3. The van der Waals surface area contributed by atoms with Gasteiger partial charge in [-0.1, -0.05) is 27.7 Å². The fourth-order valence-electron chi connectivity index (χ4n) is 2.34. The van der Waals surface area contributed by atoms with E-state index in [4.69, 9.17) is 10.5 Å². The molecule has 0 radical (unpaired) electrons. The van der Waals surface area contributed by atoms with Crippen molar-refractivity contribution in [2.45, 2.75) is 41.2 Å². The number of rotatable bonds is 10. The number of urea groups is 1. The van der Waals surface area contributed by atoms with E-state index in [2.05, 4.69) is 10.6 Å². The van der Waals surface area contributed by atoms with E-state index in [1.165, 1.54) is 4.57 Å². The van der Waals surface area contributed by atoms with Gasteiger partial charge in [0, 0.05) is 36.2 Å². The summed E-state index contributed by atoms with van der Waals surface area (Å²) in [6.45, 7) is 11.7. The van der Waals surface area contributed by atoms with Crippen molar-refractivity contribution in [1.29, 1.82) is 0 Å². The Morgan fingerprint density at radius 2 is 1.69 bits per heavy atom. The van der Waals surface area contributed by atoms with E-state index in [1.54, 1.807) is 12.3 Å². The molecule has 8 heteroatoms. The highest BCUT2D eigenvalue weighted by Crippen LogP contribution is 2.19. The topological polar surface area (TPSA) is 119 Å². The number of nitrogens with two attached hydrogens (primary N) is 1. The molecular weight excluding hydrogens is 336 g/mol. The number of nitrogens with zero attached hydrogens (tertiary/aromatic N) is 1. The van der Waals surface area contributed by atoms with Gasteiger partial charge in [0.1, 0.15) is 6.54 Å². The second-order valence-corrected chi connectivity index (χ2v) is 8.32. The van der Waals surface area contributed by atoms with Gasteiger partial charge in [-0.3, -0.25) is 4.79 Å². The molecule has 1 rings (SSSR count). The number of nitrogens with one attached hydrogen (secondary N) is 2. The molecule has 1 heterocycles. The average Bonchev–Trinajstić information content (AvgIpc) is 2.81. The average molecular weight is 368 g/mol. The van der Waals surface area contributed by atoms with Crippen LogP contribution in [0.2, 0.25) is 0 Å². The van der Waals surface area contributed by atoms with E-state index in [0.29, 0.717) is 26.3 Å². The van der Waals surface area contributed by atoms with Crippen LogP contribution in [0.15, 0.2) is 12.3 Å². The van der Waals surface area contributed by atoms with Gasteiger partial charge in [0.15, 0.2) is 5.88 Å². The third kappa shape index (κ3) is 8.24. The highest BCUT2D eigenvalue weighted by atomic mass is 16.5. The minimum Gasteiger partial charge on any atom is -0.494 e. The minimum atomic E-state index is -0.551. The second kappa shape index (κ2) is 8.93. The third-order valence-corrected chi connectivity index (χ3v) is 3.82. The van der Waals surface area contributed by atoms with Gasteiger partial charge < -0.3 is 30.8 Å². The molecule has 1 aromatic heterocycles. The van der Waals surface area contributed by atoms with Crippen LogP contribution in [0.5, 0.6) is 5.88 Å². The van der Waals surface area contributed by atoms with Gasteiger partial charge in [-0.15, -0.1) is 0 Å². The summed E-state index contributed by atoms with van der Waals surface area (Å²) in [5.74, 6) is -0.0954. The molecule has 0 saturated heterocycles. The Bertz CT molecular complexity index is 623. The molecule has 0 aliphatic rings. The van der Waals surface area contributed by atoms with Crippen molar-refractivity contribution < 1.29 is 19.4 Å². The SMILES string of the molecule is Cc1cc(O)n(CC(=O)NCC(C)(C)COCC(C)(C)CNC(N)=O)c1. The van der Waals surface area contributed by atoms with Crippen LogP contribution in [0.3, 0.4) is 0 Å². The summed E-state index contributed by atoms with van der Waals surface area (Å²) >= 11 is 0. The van der Waals surface area contributed by atoms with Crippen LogP contribution in [0.25, 0.3) is 0 Å². The Labute approximate surface area is 155 Å². The highest BCUT2D eigenvalue weighted by molar-refractivity contribution is 5.76. The first kappa shape index (κ1) is 21.8. The van der Waals surface area contributed by atoms with Crippen molar-refractivity contribution in [3.05, 3.63) is 17.8 Å². The number of aryl methyl sites for hydroxylation is 1. The third-order valence-electron chi connectivity index (χ3n) is 3.82. The molecule has 0 fully saturated rings. The number of primary amides is 1. The summed E-state index contributed by atoms with van der Waals surface area (Å²) in [6.07, 6.45) is 1.73. The van der Waals surface area contributed by atoms with Crippen LogP contribution in [0, 0.1) is 17.8 Å². The van der Waals surface area contributed by atoms with Crippen molar-refractivity contribution in [2.24, 2.45) is 16.6 Å². The van der Waals surface area contributed by atoms with E-state index in [9.17, 15) is 14.7 Å². The lowest BCUT2D eigenvalue weighted by Gasteiger charge is -2.29. The van der Waals surface area contributed by atoms with Crippen molar-refractivity contribution in [1.82, 2.24) is 15.2 Å². The zero-order chi connectivity index (χ0) is 20.0. The molecule has 26 heavy (non-hydrogen) atoms. The zero-order valence-electron chi connectivity index (χ0n) is 16.4. The first-order valence-electron chi connectivity index (χ1n) is 8.64. The lowest BCUT2D eigenvalue weighted by molar-refractivity contribution is -0.122. The number of hydrogen-bond donors (Lipinski definition) is 4. The van der Waals surface area contributed by atoms with E-state index >= 15 is 0 Å². The fraction of sp³-hybridized carbons (Fsp3) is 0.667. The summed E-state index contributed by atoms with van der Waals surface area (Å²) in [4.78, 5) is 22.9. The van der Waals surface area contributed by atoms with Gasteiger partial charge in [0.2, 0.25) is 5.91 Å². The van der Waals surface area contributed by atoms with E-state index < -0.39 is 6.03 Å². The minimum absolute atomic E-state index is 0.0719. The van der Waals surface area contributed by atoms with E-state index in [1.807, 2.05) is 34.6 Å². The maximum absolute atomic E-state index is 12.1. The number of carbonyl (C=O) groups excluding carboxylic acids is 2. The quantitative estimate of drug-likeness (QED) is 0.498. The van der Waals surface area contributed by atoms with Gasteiger partial charge in [0.05, 0.1) is 13.2 Å². The molecule has 8 nitrogen and oxygen atoms in total. The Morgan fingerprint density at radius 1 is 1.15 bits per heavy atom. The van der Waals surface area contributed by atoms with Crippen LogP contribution in [-0.2, 0) is 16.1 Å². The molecule has 0 aliphatic carbocycles. The van der Waals surface area contributed by atoms with Crippen molar-refractivity contribution in [3.8, 4) is 5.88 Å². The molecule has 3 amide bonds. The zero-order valence-corrected chi connectivity index (χ0v) is 16.4. The maximum Gasteiger partial charge on any atom is 0.312 e. The number of aromatic nitrogens is 1. The Balaban J connectivity index is 2.35. The van der Waals surface area contributed by atoms with Crippen LogP contribution < -0.4 is 16.4 Å².